The first-order chi connectivity index (χ1) is 22.3. The SMILES string of the molecule is c1ccc(C(=C(c2ccc(OCCN3CCCCCC3)cc2)c2ccc(OCCN3CCCCCC3)cc2)C2CCCC2)cc1. The van der Waals surface area contributed by atoms with E-state index in [0.717, 1.165) is 37.8 Å². The number of allylic oxidation sites excluding steroid dienone is 1. The Morgan fingerprint density at radius 2 is 0.933 bits per heavy atom. The summed E-state index contributed by atoms with van der Waals surface area (Å²) in [7, 11) is 0. The molecule has 4 heteroatoms. The summed E-state index contributed by atoms with van der Waals surface area (Å²) >= 11 is 0. The monoisotopic (exact) mass is 606 g/mol. The molecule has 6 rings (SSSR count). The van der Waals surface area contributed by atoms with Crippen LogP contribution in [0.5, 0.6) is 11.5 Å². The van der Waals surface area contributed by atoms with Gasteiger partial charge < -0.3 is 9.47 Å². The van der Waals surface area contributed by atoms with Crippen molar-refractivity contribution in [3.8, 4) is 11.5 Å². The first-order valence-corrected chi connectivity index (χ1v) is 18.0. The van der Waals surface area contributed by atoms with Gasteiger partial charge >= 0.3 is 0 Å². The molecule has 0 aromatic heterocycles. The lowest BCUT2D eigenvalue weighted by Crippen LogP contribution is -2.29. The molecule has 2 heterocycles. The Balaban J connectivity index is 1.22. The van der Waals surface area contributed by atoms with Crippen LogP contribution in [0, 0.1) is 5.92 Å². The Morgan fingerprint density at radius 1 is 0.489 bits per heavy atom. The van der Waals surface area contributed by atoms with Gasteiger partial charge in [-0.1, -0.05) is 93.1 Å². The lowest BCUT2D eigenvalue weighted by atomic mass is 9.82. The fraction of sp³-hybridized carbons (Fsp3) is 0.512. The number of rotatable bonds is 12. The van der Waals surface area contributed by atoms with Crippen LogP contribution < -0.4 is 9.47 Å². The summed E-state index contributed by atoms with van der Waals surface area (Å²) in [6.45, 7) is 8.37. The van der Waals surface area contributed by atoms with Crippen LogP contribution in [0.3, 0.4) is 0 Å². The minimum Gasteiger partial charge on any atom is -0.492 e. The second-order valence-electron chi connectivity index (χ2n) is 13.4. The molecular formula is C41H54N2O2. The van der Waals surface area contributed by atoms with E-state index >= 15 is 0 Å². The highest BCUT2D eigenvalue weighted by Crippen LogP contribution is 2.44. The molecule has 2 saturated heterocycles. The Kier molecular flexibility index (Phi) is 12.1. The van der Waals surface area contributed by atoms with E-state index in [1.54, 1.807) is 0 Å². The molecule has 3 aromatic carbocycles. The molecular weight excluding hydrogens is 552 g/mol. The third-order valence-electron chi connectivity index (χ3n) is 10.2. The van der Waals surface area contributed by atoms with Gasteiger partial charge in [0.25, 0.3) is 0 Å². The zero-order valence-electron chi connectivity index (χ0n) is 27.4. The molecule has 45 heavy (non-hydrogen) atoms. The lowest BCUT2D eigenvalue weighted by molar-refractivity contribution is 0.214. The van der Waals surface area contributed by atoms with E-state index < -0.39 is 0 Å². The van der Waals surface area contributed by atoms with Crippen molar-refractivity contribution in [3.63, 3.8) is 0 Å². The minimum atomic E-state index is 0.566. The first kappa shape index (κ1) is 31.9. The van der Waals surface area contributed by atoms with Crippen molar-refractivity contribution in [1.29, 1.82) is 0 Å². The average molecular weight is 607 g/mol. The van der Waals surface area contributed by atoms with Gasteiger partial charge in [0, 0.05) is 13.1 Å². The maximum Gasteiger partial charge on any atom is 0.119 e. The van der Waals surface area contributed by atoms with E-state index in [2.05, 4.69) is 88.7 Å². The van der Waals surface area contributed by atoms with Gasteiger partial charge in [0.1, 0.15) is 24.7 Å². The zero-order chi connectivity index (χ0) is 30.5. The second kappa shape index (κ2) is 17.0. The number of hydrogen-bond acceptors (Lipinski definition) is 4. The average Bonchev–Trinajstić information content (AvgIpc) is 3.30. The zero-order valence-corrected chi connectivity index (χ0v) is 27.4. The summed E-state index contributed by atoms with van der Waals surface area (Å²) < 4.78 is 12.5. The van der Waals surface area contributed by atoms with Gasteiger partial charge in [-0.3, -0.25) is 9.80 Å². The highest BCUT2D eigenvalue weighted by molar-refractivity contribution is 5.99. The van der Waals surface area contributed by atoms with Crippen molar-refractivity contribution < 1.29 is 9.47 Å². The van der Waals surface area contributed by atoms with Crippen LogP contribution in [0.1, 0.15) is 93.7 Å². The molecule has 3 aromatic rings. The van der Waals surface area contributed by atoms with Crippen molar-refractivity contribution in [2.24, 2.45) is 5.92 Å². The molecule has 0 N–H and O–H groups in total. The number of ether oxygens (including phenoxy) is 2. The second-order valence-corrected chi connectivity index (χ2v) is 13.4. The molecule has 0 amide bonds. The molecule has 0 spiro atoms. The quantitative estimate of drug-likeness (QED) is 0.192. The summed E-state index contributed by atoms with van der Waals surface area (Å²) in [5, 5.41) is 0. The maximum atomic E-state index is 6.26. The number of nitrogens with zero attached hydrogens (tertiary/aromatic N) is 2. The molecule has 0 radical (unpaired) electrons. The van der Waals surface area contributed by atoms with Crippen LogP contribution in [0.15, 0.2) is 78.9 Å². The number of hydrogen-bond donors (Lipinski definition) is 0. The van der Waals surface area contributed by atoms with E-state index in [9.17, 15) is 0 Å². The maximum absolute atomic E-state index is 6.26. The Hall–Kier alpha value is -3.08. The van der Waals surface area contributed by atoms with Crippen LogP contribution >= 0.6 is 0 Å². The molecule has 2 aliphatic heterocycles. The molecule has 3 aliphatic rings. The van der Waals surface area contributed by atoms with Gasteiger partial charge in [-0.2, -0.15) is 0 Å². The highest BCUT2D eigenvalue weighted by Gasteiger charge is 2.25. The molecule has 1 aliphatic carbocycles. The fourth-order valence-corrected chi connectivity index (χ4v) is 7.63. The minimum absolute atomic E-state index is 0.566. The van der Waals surface area contributed by atoms with Gasteiger partial charge in [-0.25, -0.2) is 0 Å². The molecule has 0 atom stereocenters. The topological polar surface area (TPSA) is 24.9 Å². The lowest BCUT2D eigenvalue weighted by Gasteiger charge is -2.23. The highest BCUT2D eigenvalue weighted by atomic mass is 16.5. The van der Waals surface area contributed by atoms with E-state index in [-0.39, 0.29) is 0 Å². The molecule has 4 nitrogen and oxygen atoms in total. The summed E-state index contributed by atoms with van der Waals surface area (Å²) in [5.41, 5.74) is 6.69. The van der Waals surface area contributed by atoms with Gasteiger partial charge in [-0.15, -0.1) is 0 Å². The molecule has 0 unspecified atom stereocenters. The van der Waals surface area contributed by atoms with Crippen LogP contribution in [-0.2, 0) is 0 Å². The van der Waals surface area contributed by atoms with Crippen molar-refractivity contribution >= 4 is 11.1 Å². The van der Waals surface area contributed by atoms with E-state index in [1.807, 2.05) is 0 Å². The largest absolute Gasteiger partial charge is 0.492 e. The number of likely N-dealkylation sites (tertiary alicyclic amines) is 2. The smallest absolute Gasteiger partial charge is 0.119 e. The van der Waals surface area contributed by atoms with Gasteiger partial charge in [0.05, 0.1) is 0 Å². The summed E-state index contributed by atoms with van der Waals surface area (Å²) in [6, 6.07) is 28.9. The number of benzene rings is 3. The van der Waals surface area contributed by atoms with Gasteiger partial charge in [0.15, 0.2) is 0 Å². The predicted molar refractivity (Wildman–Crippen MR) is 188 cm³/mol. The summed E-state index contributed by atoms with van der Waals surface area (Å²) in [6.07, 6.45) is 15.9. The Labute approximate surface area is 272 Å². The van der Waals surface area contributed by atoms with Crippen LogP contribution in [0.25, 0.3) is 11.1 Å². The Bertz CT molecular complexity index is 1220. The summed E-state index contributed by atoms with van der Waals surface area (Å²) in [5.74, 6) is 2.49. The normalized spacial score (nSPS) is 18.7. The van der Waals surface area contributed by atoms with Crippen LogP contribution in [-0.4, -0.2) is 62.3 Å². The molecule has 3 fully saturated rings. The molecule has 240 valence electrons. The van der Waals surface area contributed by atoms with Gasteiger partial charge in [0.2, 0.25) is 0 Å². The van der Waals surface area contributed by atoms with Gasteiger partial charge in [-0.05, 0) is 123 Å². The predicted octanol–water partition coefficient (Wildman–Crippen LogP) is 9.35. The molecule has 1 saturated carbocycles. The van der Waals surface area contributed by atoms with Crippen molar-refractivity contribution in [3.05, 3.63) is 95.6 Å². The van der Waals surface area contributed by atoms with Crippen molar-refractivity contribution in [2.45, 2.75) is 77.0 Å². The van der Waals surface area contributed by atoms with E-state index in [0.29, 0.717) is 5.92 Å². The fourth-order valence-electron chi connectivity index (χ4n) is 7.63. The van der Waals surface area contributed by atoms with Crippen molar-refractivity contribution in [1.82, 2.24) is 9.80 Å². The third-order valence-corrected chi connectivity index (χ3v) is 10.2. The summed E-state index contributed by atoms with van der Waals surface area (Å²) in [4.78, 5) is 5.14. The standard InChI is InChI=1S/C41H54N2O2/c1-2-11-27-42(26-10-1)30-32-44-38-22-18-36(19-23-38)41(40(35-16-8-9-17-35)34-14-6-5-7-15-34)37-20-24-39(25-21-37)45-33-31-43-28-12-3-4-13-29-43/h5-7,14-15,18-25,35H,1-4,8-13,16-17,26-33H2. The molecule has 0 bridgehead atoms. The third kappa shape index (κ3) is 9.24. The van der Waals surface area contributed by atoms with Crippen LogP contribution in [0.2, 0.25) is 0 Å². The van der Waals surface area contributed by atoms with E-state index in [4.69, 9.17) is 9.47 Å². The Morgan fingerprint density at radius 3 is 1.38 bits per heavy atom. The van der Waals surface area contributed by atoms with E-state index in [1.165, 1.54) is 131 Å². The first-order valence-electron chi connectivity index (χ1n) is 18.0. The van der Waals surface area contributed by atoms with Crippen molar-refractivity contribution in [2.75, 3.05) is 52.5 Å². The van der Waals surface area contributed by atoms with Crippen LogP contribution in [0.4, 0.5) is 0 Å².